The summed E-state index contributed by atoms with van der Waals surface area (Å²) in [7, 11) is 0. The van der Waals surface area contributed by atoms with Crippen molar-refractivity contribution in [2.24, 2.45) is 0 Å². The number of amides is 1. The van der Waals surface area contributed by atoms with E-state index in [1.807, 2.05) is 0 Å². The molecular weight excluding hydrogens is 308 g/mol. The number of anilines is 1. The number of carboxylic acid groups (broad SMARTS) is 1. The highest BCUT2D eigenvalue weighted by Gasteiger charge is 2.23. The molecule has 3 N–H and O–H groups in total. The SMILES string of the molecule is O=C(C[C@@H]([NH2+]C[C@H]1CCCO1)C(=O)[O-])Nc1ccc(Cl)cc1. The second-order valence-corrected chi connectivity index (χ2v) is 5.73. The molecule has 1 amide bonds. The molecule has 1 heterocycles. The molecule has 0 aliphatic carbocycles. The fraction of sp³-hybridized carbons (Fsp3) is 0.467. The molecule has 2 rings (SSSR count). The molecule has 1 aliphatic rings. The number of aliphatic carboxylic acids is 1. The Morgan fingerprint density at radius 3 is 2.73 bits per heavy atom. The number of hydrogen-bond acceptors (Lipinski definition) is 4. The van der Waals surface area contributed by atoms with E-state index in [2.05, 4.69) is 5.32 Å². The van der Waals surface area contributed by atoms with Gasteiger partial charge in [0.15, 0.2) is 0 Å². The Kier molecular flexibility index (Phi) is 6.18. The topological polar surface area (TPSA) is 95.1 Å². The van der Waals surface area contributed by atoms with Crippen LogP contribution in [0.2, 0.25) is 5.02 Å². The first-order valence-electron chi connectivity index (χ1n) is 7.26. The summed E-state index contributed by atoms with van der Waals surface area (Å²) in [6.45, 7) is 1.23. The molecule has 0 bridgehead atoms. The van der Waals surface area contributed by atoms with Gasteiger partial charge in [0.25, 0.3) is 0 Å². The summed E-state index contributed by atoms with van der Waals surface area (Å²) in [5.74, 6) is -1.62. The van der Waals surface area contributed by atoms with Gasteiger partial charge in [0.05, 0.1) is 12.4 Å². The van der Waals surface area contributed by atoms with Gasteiger partial charge >= 0.3 is 0 Å². The maximum Gasteiger partial charge on any atom is 0.230 e. The Balaban J connectivity index is 1.82. The fourth-order valence-electron chi connectivity index (χ4n) is 2.35. The average Bonchev–Trinajstić information content (AvgIpc) is 2.99. The van der Waals surface area contributed by atoms with Crippen LogP contribution in [0, 0.1) is 0 Å². The Bertz CT molecular complexity index is 515. The maximum atomic E-state index is 11.9. The smallest absolute Gasteiger partial charge is 0.230 e. The van der Waals surface area contributed by atoms with E-state index in [4.69, 9.17) is 16.3 Å². The van der Waals surface area contributed by atoms with Crippen molar-refractivity contribution in [2.45, 2.75) is 31.4 Å². The first-order valence-corrected chi connectivity index (χ1v) is 7.63. The monoisotopic (exact) mass is 326 g/mol. The summed E-state index contributed by atoms with van der Waals surface area (Å²) in [5.41, 5.74) is 0.575. The molecule has 1 aliphatic heterocycles. The first-order chi connectivity index (χ1) is 10.5. The van der Waals surface area contributed by atoms with Crippen molar-refractivity contribution in [3.63, 3.8) is 0 Å². The van der Waals surface area contributed by atoms with Crippen molar-refractivity contribution in [3.8, 4) is 0 Å². The van der Waals surface area contributed by atoms with Crippen LogP contribution in [-0.2, 0) is 14.3 Å². The van der Waals surface area contributed by atoms with E-state index in [-0.39, 0.29) is 18.4 Å². The van der Waals surface area contributed by atoms with Crippen LogP contribution in [0.1, 0.15) is 19.3 Å². The molecule has 7 heteroatoms. The predicted octanol–water partition coefficient (Wildman–Crippen LogP) is -0.470. The van der Waals surface area contributed by atoms with Gasteiger partial charge in [-0.1, -0.05) is 11.6 Å². The summed E-state index contributed by atoms with van der Waals surface area (Å²) >= 11 is 5.76. The first kappa shape index (κ1) is 16.7. The molecular formula is C15H19ClN2O4. The molecule has 0 spiro atoms. The van der Waals surface area contributed by atoms with E-state index in [0.29, 0.717) is 23.9 Å². The van der Waals surface area contributed by atoms with Crippen LogP contribution in [0.15, 0.2) is 24.3 Å². The average molecular weight is 327 g/mol. The second-order valence-electron chi connectivity index (χ2n) is 5.29. The molecule has 0 saturated carbocycles. The number of carboxylic acids is 1. The Morgan fingerprint density at radius 2 is 2.14 bits per heavy atom. The Labute approximate surface area is 133 Å². The molecule has 1 aromatic rings. The lowest BCUT2D eigenvalue weighted by Gasteiger charge is -2.18. The summed E-state index contributed by atoms with van der Waals surface area (Å²) in [6.07, 6.45) is 1.82. The van der Waals surface area contributed by atoms with Crippen LogP contribution in [0.4, 0.5) is 5.69 Å². The predicted molar refractivity (Wildman–Crippen MR) is 79.3 cm³/mol. The van der Waals surface area contributed by atoms with Crippen LogP contribution in [0.25, 0.3) is 0 Å². The van der Waals surface area contributed by atoms with Gasteiger partial charge in [0.2, 0.25) is 5.91 Å². The normalized spacial score (nSPS) is 18.9. The van der Waals surface area contributed by atoms with E-state index in [1.165, 1.54) is 0 Å². The van der Waals surface area contributed by atoms with Crippen molar-refractivity contribution in [3.05, 3.63) is 29.3 Å². The number of nitrogens with one attached hydrogen (secondary N) is 1. The summed E-state index contributed by atoms with van der Waals surface area (Å²) in [5, 5.41) is 16.0. The summed E-state index contributed by atoms with van der Waals surface area (Å²) in [6, 6.07) is 5.69. The highest BCUT2D eigenvalue weighted by molar-refractivity contribution is 6.30. The summed E-state index contributed by atoms with van der Waals surface area (Å²) in [4.78, 5) is 23.1. The zero-order valence-electron chi connectivity index (χ0n) is 12.1. The van der Waals surface area contributed by atoms with Gasteiger partial charge in [-0.05, 0) is 37.1 Å². The van der Waals surface area contributed by atoms with Crippen LogP contribution in [0.3, 0.4) is 0 Å². The van der Waals surface area contributed by atoms with Crippen LogP contribution in [0.5, 0.6) is 0 Å². The van der Waals surface area contributed by atoms with Crippen molar-refractivity contribution >= 4 is 29.2 Å². The van der Waals surface area contributed by atoms with E-state index in [1.54, 1.807) is 29.6 Å². The number of benzene rings is 1. The van der Waals surface area contributed by atoms with Crippen LogP contribution in [-0.4, -0.2) is 37.2 Å². The minimum atomic E-state index is -1.25. The molecule has 22 heavy (non-hydrogen) atoms. The highest BCUT2D eigenvalue weighted by Crippen LogP contribution is 2.13. The fourth-order valence-corrected chi connectivity index (χ4v) is 2.48. The lowest BCUT2D eigenvalue weighted by Crippen LogP contribution is -2.94. The van der Waals surface area contributed by atoms with E-state index >= 15 is 0 Å². The van der Waals surface area contributed by atoms with E-state index in [9.17, 15) is 14.7 Å². The van der Waals surface area contributed by atoms with Crippen molar-refractivity contribution in [1.29, 1.82) is 0 Å². The van der Waals surface area contributed by atoms with Crippen LogP contribution >= 0.6 is 11.6 Å². The Hall–Kier alpha value is -1.63. The molecule has 1 saturated heterocycles. The van der Waals surface area contributed by atoms with Crippen molar-refractivity contribution in [1.82, 2.24) is 0 Å². The highest BCUT2D eigenvalue weighted by atomic mass is 35.5. The minimum Gasteiger partial charge on any atom is -0.544 e. The molecule has 120 valence electrons. The number of quaternary nitrogens is 1. The zero-order valence-corrected chi connectivity index (χ0v) is 12.8. The number of ether oxygens (including phenoxy) is 1. The minimum absolute atomic E-state index is 0.0566. The third-order valence-electron chi connectivity index (χ3n) is 3.54. The number of carbonyl (C=O) groups is 2. The quantitative estimate of drug-likeness (QED) is 0.708. The maximum absolute atomic E-state index is 11.9. The number of carbonyl (C=O) groups excluding carboxylic acids is 2. The van der Waals surface area contributed by atoms with Crippen molar-refractivity contribution < 1.29 is 24.7 Å². The molecule has 1 fully saturated rings. The summed E-state index contributed by atoms with van der Waals surface area (Å²) < 4.78 is 5.44. The van der Waals surface area contributed by atoms with Crippen molar-refractivity contribution in [2.75, 3.05) is 18.5 Å². The molecule has 1 aromatic carbocycles. The molecule has 0 radical (unpaired) electrons. The van der Waals surface area contributed by atoms with Gasteiger partial charge in [-0.3, -0.25) is 4.79 Å². The number of halogens is 1. The van der Waals surface area contributed by atoms with Gasteiger partial charge in [-0.15, -0.1) is 0 Å². The van der Waals surface area contributed by atoms with Gasteiger partial charge in [0, 0.05) is 17.3 Å². The number of nitrogens with two attached hydrogens (primary N) is 1. The second kappa shape index (κ2) is 8.12. The molecule has 0 unspecified atom stereocenters. The van der Waals surface area contributed by atoms with Gasteiger partial charge in [-0.25, -0.2) is 0 Å². The third-order valence-corrected chi connectivity index (χ3v) is 3.80. The van der Waals surface area contributed by atoms with Gasteiger partial charge in [-0.2, -0.15) is 0 Å². The molecule has 0 aromatic heterocycles. The van der Waals surface area contributed by atoms with Gasteiger partial charge in [0.1, 0.15) is 18.7 Å². The lowest BCUT2D eigenvalue weighted by atomic mass is 10.1. The van der Waals surface area contributed by atoms with Crippen LogP contribution < -0.4 is 15.7 Å². The standard InChI is InChI=1S/C15H19ClN2O4/c16-10-3-5-11(6-4-10)18-14(19)8-13(15(20)21)17-9-12-2-1-7-22-12/h3-6,12-13,17H,1-2,7-9H2,(H,18,19)(H,20,21)/t12-,13-/m1/s1. The van der Waals surface area contributed by atoms with E-state index < -0.39 is 12.0 Å². The van der Waals surface area contributed by atoms with E-state index in [0.717, 1.165) is 12.8 Å². The van der Waals surface area contributed by atoms with Gasteiger partial charge < -0.3 is 25.3 Å². The Morgan fingerprint density at radius 1 is 1.41 bits per heavy atom. The largest absolute Gasteiger partial charge is 0.544 e. The lowest BCUT2D eigenvalue weighted by molar-refractivity contribution is -0.687. The number of hydrogen-bond donors (Lipinski definition) is 2. The third kappa shape index (κ3) is 5.29. The zero-order chi connectivity index (χ0) is 15.9. The molecule has 2 atom stereocenters. The molecule has 6 nitrogen and oxygen atoms in total. The number of rotatable bonds is 7.